The van der Waals surface area contributed by atoms with Gasteiger partial charge in [-0.3, -0.25) is 9.59 Å². The van der Waals surface area contributed by atoms with Crippen molar-refractivity contribution < 1.29 is 24.2 Å². The van der Waals surface area contributed by atoms with Crippen LogP contribution in [-0.2, 0) is 16.1 Å². The number of amides is 1. The van der Waals surface area contributed by atoms with E-state index in [0.29, 0.717) is 31.3 Å². The van der Waals surface area contributed by atoms with E-state index in [1.807, 2.05) is 18.2 Å². The largest absolute Gasteiger partial charge is 0.486 e. The molecule has 0 saturated heterocycles. The molecule has 0 atom stereocenters. The van der Waals surface area contributed by atoms with E-state index in [9.17, 15) is 9.59 Å². The van der Waals surface area contributed by atoms with Crippen molar-refractivity contribution in [3.8, 4) is 11.5 Å². The van der Waals surface area contributed by atoms with Gasteiger partial charge < -0.3 is 19.9 Å². The Morgan fingerprint density at radius 1 is 1.18 bits per heavy atom. The Hall–Kier alpha value is -2.24. The molecule has 6 heteroatoms. The van der Waals surface area contributed by atoms with Crippen LogP contribution >= 0.6 is 0 Å². The summed E-state index contributed by atoms with van der Waals surface area (Å²) in [6.07, 6.45) is 0.133. The molecule has 0 aromatic heterocycles. The number of carbonyl (C=O) groups excluding carboxylic acids is 1. The molecular formula is C16H21NO5. The highest BCUT2D eigenvalue weighted by molar-refractivity contribution is 5.77. The molecule has 6 nitrogen and oxygen atoms in total. The normalized spacial score (nSPS) is 13.5. The summed E-state index contributed by atoms with van der Waals surface area (Å²) < 4.78 is 10.9. The summed E-state index contributed by atoms with van der Waals surface area (Å²) in [5.74, 6) is 0.332. The Bertz CT molecular complexity index is 568. The lowest BCUT2D eigenvalue weighted by Gasteiger charge is -2.22. The molecule has 0 unspecified atom stereocenters. The van der Waals surface area contributed by atoms with Gasteiger partial charge in [0.25, 0.3) is 0 Å². The number of rotatable bonds is 6. The van der Waals surface area contributed by atoms with Crippen LogP contribution < -0.4 is 14.8 Å². The molecular weight excluding hydrogens is 286 g/mol. The summed E-state index contributed by atoms with van der Waals surface area (Å²) >= 11 is 0. The number of carboxylic acids is 1. The molecule has 0 radical (unpaired) electrons. The zero-order chi connectivity index (χ0) is 16.2. The fourth-order valence-electron chi connectivity index (χ4n) is 2.37. The van der Waals surface area contributed by atoms with Crippen molar-refractivity contribution in [1.82, 2.24) is 5.32 Å². The molecule has 0 bridgehead atoms. The predicted octanol–water partition coefficient (Wildman–Crippen LogP) is 1.96. The summed E-state index contributed by atoms with van der Waals surface area (Å²) in [6, 6.07) is 5.54. The average molecular weight is 307 g/mol. The van der Waals surface area contributed by atoms with Crippen LogP contribution in [0.15, 0.2) is 18.2 Å². The third kappa shape index (κ3) is 4.65. The number of ether oxygens (including phenoxy) is 2. The minimum Gasteiger partial charge on any atom is -0.486 e. The lowest BCUT2D eigenvalue weighted by molar-refractivity contribution is -0.139. The van der Waals surface area contributed by atoms with Crippen LogP contribution in [0.2, 0.25) is 0 Å². The van der Waals surface area contributed by atoms with Crippen molar-refractivity contribution in [1.29, 1.82) is 0 Å². The molecule has 1 aromatic carbocycles. The Kier molecular flexibility index (Phi) is 4.90. The first kappa shape index (κ1) is 16.1. The average Bonchev–Trinajstić information content (AvgIpc) is 2.43. The van der Waals surface area contributed by atoms with Gasteiger partial charge in [0.1, 0.15) is 13.2 Å². The van der Waals surface area contributed by atoms with Crippen molar-refractivity contribution in [2.24, 2.45) is 5.41 Å². The van der Waals surface area contributed by atoms with Crippen LogP contribution in [0.25, 0.3) is 0 Å². The Balaban J connectivity index is 1.87. The van der Waals surface area contributed by atoms with E-state index in [4.69, 9.17) is 14.6 Å². The van der Waals surface area contributed by atoms with Gasteiger partial charge in [0.05, 0.1) is 6.42 Å². The van der Waals surface area contributed by atoms with Crippen molar-refractivity contribution in [3.05, 3.63) is 23.8 Å². The highest BCUT2D eigenvalue weighted by Crippen LogP contribution is 2.30. The van der Waals surface area contributed by atoms with Gasteiger partial charge in [0.2, 0.25) is 5.91 Å². The Labute approximate surface area is 129 Å². The molecule has 1 amide bonds. The summed E-state index contributed by atoms with van der Waals surface area (Å²) in [7, 11) is 0. The van der Waals surface area contributed by atoms with Crippen LogP contribution in [0.5, 0.6) is 11.5 Å². The van der Waals surface area contributed by atoms with Gasteiger partial charge in [0, 0.05) is 13.0 Å². The number of benzene rings is 1. The molecule has 0 aliphatic carbocycles. The van der Waals surface area contributed by atoms with Gasteiger partial charge >= 0.3 is 5.97 Å². The van der Waals surface area contributed by atoms with Crippen LogP contribution in [0.4, 0.5) is 0 Å². The number of carbonyl (C=O) groups is 2. The summed E-state index contributed by atoms with van der Waals surface area (Å²) in [5, 5.41) is 11.6. The van der Waals surface area contributed by atoms with Gasteiger partial charge in [-0.1, -0.05) is 19.9 Å². The van der Waals surface area contributed by atoms with Crippen LogP contribution in [0, 0.1) is 5.41 Å². The molecule has 2 N–H and O–H groups in total. The molecule has 1 aromatic rings. The van der Waals surface area contributed by atoms with Gasteiger partial charge in [0.15, 0.2) is 11.5 Å². The molecule has 0 fully saturated rings. The van der Waals surface area contributed by atoms with Crippen LogP contribution in [-0.4, -0.2) is 30.2 Å². The second-order valence-electron chi connectivity index (χ2n) is 6.17. The lowest BCUT2D eigenvalue weighted by atomic mass is 9.85. The molecule has 1 aliphatic rings. The molecule has 2 rings (SSSR count). The summed E-state index contributed by atoms with van der Waals surface area (Å²) in [5.41, 5.74) is 0.344. The molecule has 0 spiro atoms. The first-order chi connectivity index (χ1) is 10.4. The van der Waals surface area contributed by atoms with E-state index in [2.05, 4.69) is 5.32 Å². The maximum Gasteiger partial charge on any atom is 0.303 e. The highest BCUT2D eigenvalue weighted by Gasteiger charge is 2.25. The summed E-state index contributed by atoms with van der Waals surface area (Å²) in [6.45, 7) is 4.97. The SMILES string of the molecule is CC(C)(CC(=O)O)CC(=O)NCc1ccc2c(c1)OCCO2. The number of hydrogen-bond donors (Lipinski definition) is 2. The molecule has 1 heterocycles. The maximum absolute atomic E-state index is 11.9. The van der Waals surface area contributed by atoms with Crippen molar-refractivity contribution in [3.63, 3.8) is 0 Å². The van der Waals surface area contributed by atoms with E-state index >= 15 is 0 Å². The van der Waals surface area contributed by atoms with E-state index in [1.165, 1.54) is 0 Å². The smallest absolute Gasteiger partial charge is 0.303 e. The third-order valence-electron chi connectivity index (χ3n) is 3.37. The first-order valence-corrected chi connectivity index (χ1v) is 7.23. The van der Waals surface area contributed by atoms with Gasteiger partial charge in [-0.2, -0.15) is 0 Å². The van der Waals surface area contributed by atoms with Gasteiger partial charge in [-0.05, 0) is 23.1 Å². The van der Waals surface area contributed by atoms with Crippen LogP contribution in [0.1, 0.15) is 32.3 Å². The Morgan fingerprint density at radius 3 is 2.55 bits per heavy atom. The quantitative estimate of drug-likeness (QED) is 0.839. The molecule has 1 aliphatic heterocycles. The van der Waals surface area contributed by atoms with Crippen molar-refractivity contribution >= 4 is 11.9 Å². The van der Waals surface area contributed by atoms with Gasteiger partial charge in [-0.25, -0.2) is 0 Å². The minimum atomic E-state index is -0.898. The fraction of sp³-hybridized carbons (Fsp3) is 0.500. The molecule has 120 valence electrons. The summed E-state index contributed by atoms with van der Waals surface area (Å²) in [4.78, 5) is 22.7. The predicted molar refractivity (Wildman–Crippen MR) is 79.9 cm³/mol. The third-order valence-corrected chi connectivity index (χ3v) is 3.37. The van der Waals surface area contributed by atoms with E-state index < -0.39 is 11.4 Å². The monoisotopic (exact) mass is 307 g/mol. The number of carboxylic acid groups (broad SMARTS) is 1. The standard InChI is InChI=1S/C16H21NO5/c1-16(2,9-15(19)20)8-14(18)17-10-11-3-4-12-13(7-11)22-6-5-21-12/h3-4,7H,5-6,8-10H2,1-2H3,(H,17,18)(H,19,20). The Morgan fingerprint density at radius 2 is 1.86 bits per heavy atom. The van der Waals surface area contributed by atoms with Crippen molar-refractivity contribution in [2.45, 2.75) is 33.2 Å². The van der Waals surface area contributed by atoms with Gasteiger partial charge in [-0.15, -0.1) is 0 Å². The first-order valence-electron chi connectivity index (χ1n) is 7.23. The maximum atomic E-state index is 11.9. The number of fused-ring (bicyclic) bond motifs is 1. The second kappa shape index (κ2) is 6.68. The lowest BCUT2D eigenvalue weighted by Crippen LogP contribution is -2.29. The number of nitrogens with one attached hydrogen (secondary N) is 1. The van der Waals surface area contributed by atoms with E-state index in [0.717, 1.165) is 5.56 Å². The highest BCUT2D eigenvalue weighted by atomic mass is 16.6. The topological polar surface area (TPSA) is 84.9 Å². The minimum absolute atomic E-state index is 0.0373. The van der Waals surface area contributed by atoms with E-state index in [-0.39, 0.29) is 18.7 Å². The number of aliphatic carboxylic acids is 1. The zero-order valence-corrected chi connectivity index (χ0v) is 12.8. The number of hydrogen-bond acceptors (Lipinski definition) is 4. The zero-order valence-electron chi connectivity index (χ0n) is 12.8. The molecule has 22 heavy (non-hydrogen) atoms. The van der Waals surface area contributed by atoms with Crippen LogP contribution in [0.3, 0.4) is 0 Å². The second-order valence-corrected chi connectivity index (χ2v) is 6.17. The molecule has 0 saturated carbocycles. The van der Waals surface area contributed by atoms with E-state index in [1.54, 1.807) is 13.8 Å². The van der Waals surface area contributed by atoms with Crippen molar-refractivity contribution in [2.75, 3.05) is 13.2 Å². The fourth-order valence-corrected chi connectivity index (χ4v) is 2.37.